The molecule has 260 valence electrons. The number of esters is 1. The Morgan fingerprint density at radius 3 is 2.63 bits per heavy atom. The fourth-order valence-electron chi connectivity index (χ4n) is 5.90. The van der Waals surface area contributed by atoms with Crippen molar-refractivity contribution in [2.45, 2.75) is 90.6 Å². The highest BCUT2D eigenvalue weighted by molar-refractivity contribution is 5.94. The Balaban J connectivity index is 1.43. The third-order valence-electron chi connectivity index (χ3n) is 8.49. The molecule has 4 heterocycles. The zero-order valence-corrected chi connectivity index (χ0v) is 28.1. The first kappa shape index (κ1) is 35.3. The summed E-state index contributed by atoms with van der Waals surface area (Å²) in [5.41, 5.74) is 2.44. The molecule has 0 unspecified atom stereocenters. The number of ether oxygens (including phenoxy) is 3. The molecule has 4 N–H and O–H groups in total. The maximum Gasteiger partial charge on any atom is 0.412 e. The Hall–Kier alpha value is -5.01. The van der Waals surface area contributed by atoms with Crippen LogP contribution >= 0.6 is 0 Å². The van der Waals surface area contributed by atoms with Gasteiger partial charge < -0.3 is 29.2 Å². The van der Waals surface area contributed by atoms with Crippen LogP contribution in [0, 0.1) is 0 Å². The van der Waals surface area contributed by atoms with Gasteiger partial charge in [0.25, 0.3) is 5.56 Å². The summed E-state index contributed by atoms with van der Waals surface area (Å²) in [7, 11) is 0. The van der Waals surface area contributed by atoms with Gasteiger partial charge in [0.1, 0.15) is 12.4 Å². The number of pyridine rings is 2. The Kier molecular flexibility index (Phi) is 10.5. The van der Waals surface area contributed by atoms with E-state index in [0.29, 0.717) is 53.0 Å². The van der Waals surface area contributed by atoms with Crippen LogP contribution in [0.5, 0.6) is 5.75 Å². The van der Waals surface area contributed by atoms with E-state index < -0.39 is 23.6 Å². The van der Waals surface area contributed by atoms with Crippen molar-refractivity contribution >= 4 is 34.9 Å². The molecular formula is C36H42N4O9. The van der Waals surface area contributed by atoms with Crippen molar-refractivity contribution in [3.05, 3.63) is 75.3 Å². The summed E-state index contributed by atoms with van der Waals surface area (Å²) in [5, 5.41) is 23.2. The molecule has 0 saturated carbocycles. The third-order valence-corrected chi connectivity index (χ3v) is 8.49. The SMILES string of the molecule is CC[C@@]1(O)C(=O)OCc2c1cc1n(c2=O)Cc2cc3c(/C=C/C=C/OC(C)(C)C)c(OC(=O)NCCCCCCC(=O)NO)ccc3nc2-1. The number of nitrogens with zero attached hydrogens (tertiary/aromatic N) is 2. The van der Waals surface area contributed by atoms with Crippen LogP contribution in [0.2, 0.25) is 0 Å². The number of aliphatic hydroxyl groups is 1. The number of allylic oxidation sites excluding steroid dienone is 2. The van der Waals surface area contributed by atoms with Crippen LogP contribution in [0.25, 0.3) is 28.4 Å². The lowest BCUT2D eigenvalue weighted by molar-refractivity contribution is -0.172. The number of hydrogen-bond acceptors (Lipinski definition) is 10. The number of carbonyl (C=O) groups is 3. The van der Waals surface area contributed by atoms with Crippen molar-refractivity contribution in [1.82, 2.24) is 20.3 Å². The molecule has 0 bridgehead atoms. The van der Waals surface area contributed by atoms with Gasteiger partial charge in [0.2, 0.25) is 5.91 Å². The number of fused-ring (bicyclic) bond motifs is 5. The molecule has 0 spiro atoms. The highest BCUT2D eigenvalue weighted by Crippen LogP contribution is 2.40. The van der Waals surface area contributed by atoms with Crippen LogP contribution in [0.3, 0.4) is 0 Å². The van der Waals surface area contributed by atoms with E-state index in [0.717, 1.165) is 18.4 Å². The van der Waals surface area contributed by atoms with E-state index in [4.69, 9.17) is 24.4 Å². The van der Waals surface area contributed by atoms with Gasteiger partial charge in [0.15, 0.2) is 5.60 Å². The Labute approximate surface area is 283 Å². The number of carbonyl (C=O) groups excluding carboxylic acids is 3. The molecule has 13 nitrogen and oxygen atoms in total. The number of rotatable bonds is 12. The first-order valence-electron chi connectivity index (χ1n) is 16.4. The van der Waals surface area contributed by atoms with Crippen molar-refractivity contribution in [2.24, 2.45) is 0 Å². The molecule has 1 aromatic carbocycles. The van der Waals surface area contributed by atoms with Crippen LogP contribution in [-0.2, 0) is 37.8 Å². The number of nitrogens with one attached hydrogen (secondary N) is 2. The van der Waals surface area contributed by atoms with Gasteiger partial charge in [-0.25, -0.2) is 20.1 Å². The van der Waals surface area contributed by atoms with E-state index in [9.17, 15) is 24.3 Å². The number of aromatic nitrogens is 2. The first-order chi connectivity index (χ1) is 23.4. The van der Waals surface area contributed by atoms with E-state index in [1.54, 1.807) is 59.7 Å². The summed E-state index contributed by atoms with van der Waals surface area (Å²) in [5.74, 6) is -0.903. The zero-order valence-electron chi connectivity index (χ0n) is 28.1. The summed E-state index contributed by atoms with van der Waals surface area (Å²) in [6, 6.07) is 6.96. The van der Waals surface area contributed by atoms with E-state index in [2.05, 4.69) is 5.32 Å². The molecule has 0 fully saturated rings. The molecule has 2 amide bonds. The van der Waals surface area contributed by atoms with Crippen LogP contribution < -0.4 is 21.1 Å². The molecule has 0 aliphatic carbocycles. The highest BCUT2D eigenvalue weighted by atomic mass is 16.6. The van der Waals surface area contributed by atoms with Crippen LogP contribution in [-0.4, -0.2) is 50.0 Å². The minimum Gasteiger partial charge on any atom is -0.496 e. The van der Waals surface area contributed by atoms with Crippen molar-refractivity contribution in [1.29, 1.82) is 0 Å². The molecule has 5 rings (SSSR count). The van der Waals surface area contributed by atoms with E-state index >= 15 is 0 Å². The Morgan fingerprint density at radius 1 is 1.12 bits per heavy atom. The van der Waals surface area contributed by atoms with Crippen molar-refractivity contribution < 1.29 is 38.9 Å². The number of benzene rings is 1. The van der Waals surface area contributed by atoms with Gasteiger partial charge in [-0.05, 0) is 70.4 Å². The second-order valence-corrected chi connectivity index (χ2v) is 13.1. The van der Waals surface area contributed by atoms with Gasteiger partial charge >= 0.3 is 12.1 Å². The zero-order chi connectivity index (χ0) is 35.3. The number of unbranched alkanes of at least 4 members (excludes halogenated alkanes) is 3. The number of amides is 2. The highest BCUT2D eigenvalue weighted by Gasteiger charge is 2.45. The van der Waals surface area contributed by atoms with Gasteiger partial charge in [-0.1, -0.05) is 31.9 Å². The molecular weight excluding hydrogens is 632 g/mol. The van der Waals surface area contributed by atoms with Crippen molar-refractivity contribution in [2.75, 3.05) is 6.54 Å². The normalized spacial score (nSPS) is 16.7. The predicted octanol–water partition coefficient (Wildman–Crippen LogP) is 4.97. The Bertz CT molecular complexity index is 1890. The standard InChI is InChI=1S/C36H42N4O9/c1-5-36(45)26-19-28-31-22(20-40(28)32(42)25(26)21-47-33(36)43)18-24-23(12-9-11-17-48-35(2,3)4)29(15-14-27(24)38-31)49-34(44)37-16-10-7-6-8-13-30(41)39-46/h9,11-12,14-15,17-19,45-46H,5-8,10,13,16,20-21H2,1-4H3,(H,37,44)(H,39,41)/b12-9+,17-11+/t36-/m0/s1. The second kappa shape index (κ2) is 14.6. The topological polar surface area (TPSA) is 178 Å². The third kappa shape index (κ3) is 7.68. The molecule has 0 saturated heterocycles. The maximum atomic E-state index is 13.6. The van der Waals surface area contributed by atoms with Gasteiger partial charge in [-0.3, -0.25) is 14.8 Å². The average molecular weight is 675 g/mol. The molecule has 2 aliphatic rings. The van der Waals surface area contributed by atoms with Gasteiger partial charge in [0.05, 0.1) is 40.9 Å². The first-order valence-corrected chi connectivity index (χ1v) is 16.4. The largest absolute Gasteiger partial charge is 0.496 e. The van der Waals surface area contributed by atoms with Crippen molar-refractivity contribution in [3.8, 4) is 17.1 Å². The summed E-state index contributed by atoms with van der Waals surface area (Å²) in [4.78, 5) is 55.0. The lowest BCUT2D eigenvalue weighted by atomic mass is 9.86. The summed E-state index contributed by atoms with van der Waals surface area (Å²) < 4.78 is 18.2. The molecule has 13 heteroatoms. The molecule has 1 atom stereocenters. The van der Waals surface area contributed by atoms with Gasteiger partial charge in [0, 0.05) is 35.0 Å². The smallest absolute Gasteiger partial charge is 0.412 e. The quantitative estimate of drug-likeness (QED) is 0.0401. The van der Waals surface area contributed by atoms with Gasteiger partial charge in [-0.15, -0.1) is 0 Å². The van der Waals surface area contributed by atoms with Crippen LogP contribution in [0.4, 0.5) is 4.79 Å². The molecule has 2 aromatic heterocycles. The minimum atomic E-state index is -1.92. The molecule has 2 aliphatic heterocycles. The molecule has 49 heavy (non-hydrogen) atoms. The predicted molar refractivity (Wildman–Crippen MR) is 181 cm³/mol. The minimum absolute atomic E-state index is 0.0481. The van der Waals surface area contributed by atoms with Crippen LogP contribution in [0.1, 0.15) is 88.5 Å². The summed E-state index contributed by atoms with van der Waals surface area (Å²) >= 11 is 0. The number of hydroxylamine groups is 1. The lowest BCUT2D eigenvalue weighted by Crippen LogP contribution is -2.44. The summed E-state index contributed by atoms with van der Waals surface area (Å²) in [6.45, 7) is 7.85. The van der Waals surface area contributed by atoms with Crippen LogP contribution in [0.15, 0.2) is 47.5 Å². The fraction of sp³-hybridized carbons (Fsp3) is 0.417. The molecule has 3 aromatic rings. The Morgan fingerprint density at radius 2 is 1.90 bits per heavy atom. The van der Waals surface area contributed by atoms with E-state index in [1.165, 1.54) is 0 Å². The number of cyclic esters (lactones) is 1. The van der Waals surface area contributed by atoms with E-state index in [-0.39, 0.29) is 48.3 Å². The number of hydrogen-bond donors (Lipinski definition) is 4. The fourth-order valence-corrected chi connectivity index (χ4v) is 5.90. The van der Waals surface area contributed by atoms with Gasteiger partial charge in [-0.2, -0.15) is 0 Å². The lowest BCUT2D eigenvalue weighted by Gasteiger charge is -2.31. The average Bonchev–Trinajstić information content (AvgIpc) is 3.43. The monoisotopic (exact) mass is 674 g/mol. The molecule has 0 radical (unpaired) electrons. The second-order valence-electron chi connectivity index (χ2n) is 13.1. The van der Waals surface area contributed by atoms with E-state index in [1.807, 2.05) is 26.8 Å². The maximum absolute atomic E-state index is 13.6. The summed E-state index contributed by atoms with van der Waals surface area (Å²) in [6.07, 6.45) is 9.42. The van der Waals surface area contributed by atoms with Crippen molar-refractivity contribution in [3.63, 3.8) is 0 Å².